The summed E-state index contributed by atoms with van der Waals surface area (Å²) in [6, 6.07) is 9.84. The molecule has 2 aromatic heterocycles. The lowest BCUT2D eigenvalue weighted by Crippen LogP contribution is -2.26. The van der Waals surface area contributed by atoms with Crippen LogP contribution in [0, 0.1) is 0 Å². The van der Waals surface area contributed by atoms with Crippen molar-refractivity contribution in [3.05, 3.63) is 54.7 Å². The number of ether oxygens (including phenoxy) is 2. The first-order valence-corrected chi connectivity index (χ1v) is 9.26. The topological polar surface area (TPSA) is 71.2 Å². The maximum atomic E-state index is 12.1. The van der Waals surface area contributed by atoms with Crippen LogP contribution in [0.25, 0.3) is 11.3 Å². The van der Waals surface area contributed by atoms with E-state index in [2.05, 4.69) is 23.9 Å². The van der Waals surface area contributed by atoms with Crippen LogP contribution in [0.4, 0.5) is 4.79 Å². The van der Waals surface area contributed by atoms with Gasteiger partial charge in [0.2, 0.25) is 0 Å². The van der Waals surface area contributed by atoms with Crippen LogP contribution in [0.2, 0.25) is 0 Å². The van der Waals surface area contributed by atoms with Crippen LogP contribution in [0.3, 0.4) is 0 Å². The minimum absolute atomic E-state index is 0.288. The minimum Gasteiger partial charge on any atom is -0.487 e. The zero-order chi connectivity index (χ0) is 20.3. The van der Waals surface area contributed by atoms with Crippen LogP contribution in [-0.4, -0.2) is 31.0 Å². The Bertz CT molecular complexity index is 933. The molecular formula is C21H26N4O3. The molecule has 0 unspecified atom stereocenters. The fourth-order valence-corrected chi connectivity index (χ4v) is 2.69. The van der Waals surface area contributed by atoms with Gasteiger partial charge < -0.3 is 9.47 Å². The molecule has 0 amide bonds. The standard InChI is InChI=1S/C21H26N4O3/c1-15(2)25-17(10-11-23-25)13-27-18-8-6-16(7-9-18)19-12-24(14-22-19)20(26)28-21(3,4)5/h6-12,14-15H,13H2,1-5H3. The molecule has 3 aromatic rings. The number of benzene rings is 1. The molecule has 148 valence electrons. The summed E-state index contributed by atoms with van der Waals surface area (Å²) in [5.41, 5.74) is 2.05. The lowest BCUT2D eigenvalue weighted by molar-refractivity contribution is 0.0536. The lowest BCUT2D eigenvalue weighted by Gasteiger charge is -2.19. The number of rotatable bonds is 5. The van der Waals surface area contributed by atoms with Gasteiger partial charge in [0.05, 0.1) is 11.4 Å². The molecule has 0 saturated heterocycles. The second-order valence-electron chi connectivity index (χ2n) is 7.82. The van der Waals surface area contributed by atoms with E-state index in [1.54, 1.807) is 12.4 Å². The van der Waals surface area contributed by atoms with E-state index in [0.29, 0.717) is 12.3 Å². The quantitative estimate of drug-likeness (QED) is 0.640. The largest absolute Gasteiger partial charge is 0.487 e. The Kier molecular flexibility index (Phi) is 5.53. The van der Waals surface area contributed by atoms with Crippen LogP contribution in [0.5, 0.6) is 5.75 Å². The summed E-state index contributed by atoms with van der Waals surface area (Å²) >= 11 is 0. The fraction of sp³-hybridized carbons (Fsp3) is 0.381. The summed E-state index contributed by atoms with van der Waals surface area (Å²) in [5.74, 6) is 0.756. The monoisotopic (exact) mass is 382 g/mol. The molecule has 1 aromatic carbocycles. The second-order valence-corrected chi connectivity index (χ2v) is 7.82. The number of imidazole rings is 1. The third-order valence-electron chi connectivity index (χ3n) is 3.97. The van der Waals surface area contributed by atoms with Crippen molar-refractivity contribution in [2.45, 2.75) is 52.9 Å². The third kappa shape index (κ3) is 4.79. The van der Waals surface area contributed by atoms with Crippen molar-refractivity contribution < 1.29 is 14.3 Å². The van der Waals surface area contributed by atoms with Crippen LogP contribution in [0.15, 0.2) is 49.1 Å². The molecule has 0 spiro atoms. The van der Waals surface area contributed by atoms with E-state index < -0.39 is 11.7 Å². The summed E-state index contributed by atoms with van der Waals surface area (Å²) in [7, 11) is 0. The van der Waals surface area contributed by atoms with Crippen LogP contribution in [-0.2, 0) is 11.3 Å². The van der Waals surface area contributed by atoms with Crippen molar-refractivity contribution in [2.24, 2.45) is 0 Å². The first kappa shape index (κ1) is 19.7. The van der Waals surface area contributed by atoms with Gasteiger partial charge >= 0.3 is 6.09 Å². The van der Waals surface area contributed by atoms with Gasteiger partial charge in [0, 0.05) is 24.0 Å². The van der Waals surface area contributed by atoms with E-state index in [4.69, 9.17) is 9.47 Å². The smallest absolute Gasteiger partial charge is 0.419 e. The molecule has 0 atom stereocenters. The Hall–Kier alpha value is -3.09. The molecule has 0 aliphatic carbocycles. The molecule has 0 radical (unpaired) electrons. The predicted octanol–water partition coefficient (Wildman–Crippen LogP) is 4.69. The van der Waals surface area contributed by atoms with Crippen molar-refractivity contribution >= 4 is 6.09 Å². The van der Waals surface area contributed by atoms with Crippen molar-refractivity contribution in [1.82, 2.24) is 19.3 Å². The van der Waals surface area contributed by atoms with E-state index in [1.165, 1.54) is 10.9 Å². The summed E-state index contributed by atoms with van der Waals surface area (Å²) in [5, 5.41) is 4.31. The second kappa shape index (κ2) is 7.88. The van der Waals surface area contributed by atoms with Crippen molar-refractivity contribution in [2.75, 3.05) is 0 Å². The zero-order valence-corrected chi connectivity index (χ0v) is 16.9. The van der Waals surface area contributed by atoms with Gasteiger partial charge in [0.1, 0.15) is 24.3 Å². The van der Waals surface area contributed by atoms with Gasteiger partial charge in [-0.05, 0) is 65.0 Å². The van der Waals surface area contributed by atoms with E-state index in [9.17, 15) is 4.79 Å². The lowest BCUT2D eigenvalue weighted by atomic mass is 10.1. The highest BCUT2D eigenvalue weighted by Gasteiger charge is 2.18. The number of aromatic nitrogens is 4. The van der Waals surface area contributed by atoms with Gasteiger partial charge in [-0.15, -0.1) is 0 Å². The Morgan fingerprint density at radius 1 is 1.14 bits per heavy atom. The first-order valence-electron chi connectivity index (χ1n) is 9.26. The van der Waals surface area contributed by atoms with E-state index >= 15 is 0 Å². The van der Waals surface area contributed by atoms with Crippen LogP contribution in [0.1, 0.15) is 46.4 Å². The Morgan fingerprint density at radius 2 is 1.86 bits per heavy atom. The molecule has 7 nitrogen and oxygen atoms in total. The van der Waals surface area contributed by atoms with Crippen molar-refractivity contribution in [3.63, 3.8) is 0 Å². The maximum Gasteiger partial charge on any atom is 0.419 e. The Morgan fingerprint density at radius 3 is 2.50 bits per heavy atom. The zero-order valence-electron chi connectivity index (χ0n) is 16.9. The van der Waals surface area contributed by atoms with Gasteiger partial charge in [0.25, 0.3) is 0 Å². The van der Waals surface area contributed by atoms with Crippen molar-refractivity contribution in [3.8, 4) is 17.0 Å². The number of carbonyl (C=O) groups excluding carboxylic acids is 1. The highest BCUT2D eigenvalue weighted by Crippen LogP contribution is 2.22. The first-order chi connectivity index (χ1) is 13.2. The maximum absolute atomic E-state index is 12.1. The minimum atomic E-state index is -0.550. The Labute approximate surface area is 164 Å². The summed E-state index contributed by atoms with van der Waals surface area (Å²) in [6.07, 6.45) is 4.45. The summed E-state index contributed by atoms with van der Waals surface area (Å²) in [6.45, 7) is 10.1. The molecule has 2 heterocycles. The normalized spacial score (nSPS) is 11.6. The predicted molar refractivity (Wildman–Crippen MR) is 106 cm³/mol. The van der Waals surface area contributed by atoms with E-state index in [-0.39, 0.29) is 6.04 Å². The average Bonchev–Trinajstić information content (AvgIpc) is 3.28. The van der Waals surface area contributed by atoms with Gasteiger partial charge in [-0.2, -0.15) is 5.10 Å². The van der Waals surface area contributed by atoms with Gasteiger partial charge in [-0.3, -0.25) is 4.68 Å². The molecule has 28 heavy (non-hydrogen) atoms. The number of nitrogens with zero attached hydrogens (tertiary/aromatic N) is 4. The third-order valence-corrected chi connectivity index (χ3v) is 3.97. The highest BCUT2D eigenvalue weighted by molar-refractivity contribution is 5.73. The van der Waals surface area contributed by atoms with Crippen LogP contribution < -0.4 is 4.74 Å². The summed E-state index contributed by atoms with van der Waals surface area (Å²) < 4.78 is 14.5. The van der Waals surface area contributed by atoms with Crippen LogP contribution >= 0.6 is 0 Å². The molecule has 7 heteroatoms. The average molecular weight is 382 g/mol. The van der Waals surface area contributed by atoms with Gasteiger partial charge in [-0.25, -0.2) is 14.3 Å². The van der Waals surface area contributed by atoms with Crippen molar-refractivity contribution in [1.29, 1.82) is 0 Å². The number of carbonyl (C=O) groups is 1. The number of hydrogen-bond acceptors (Lipinski definition) is 5. The summed E-state index contributed by atoms with van der Waals surface area (Å²) in [4.78, 5) is 16.4. The molecule has 0 fully saturated rings. The van der Waals surface area contributed by atoms with Gasteiger partial charge in [-0.1, -0.05) is 0 Å². The fourth-order valence-electron chi connectivity index (χ4n) is 2.69. The highest BCUT2D eigenvalue weighted by atomic mass is 16.6. The van der Waals surface area contributed by atoms with Gasteiger partial charge in [0.15, 0.2) is 0 Å². The molecule has 0 aliphatic heterocycles. The van der Waals surface area contributed by atoms with E-state index in [1.807, 2.05) is 55.8 Å². The Balaban J connectivity index is 1.65. The molecule has 3 rings (SSSR count). The molecule has 0 bridgehead atoms. The molecular weight excluding hydrogens is 356 g/mol. The molecule has 0 N–H and O–H groups in total. The number of hydrogen-bond donors (Lipinski definition) is 0. The van der Waals surface area contributed by atoms with E-state index in [0.717, 1.165) is 17.0 Å². The molecule has 0 aliphatic rings. The SMILES string of the molecule is CC(C)n1nccc1COc1ccc(-c2cn(C(=O)OC(C)(C)C)cn2)cc1. The molecule has 0 saturated carbocycles.